The molecule has 0 fully saturated rings. The van der Waals surface area contributed by atoms with Gasteiger partial charge < -0.3 is 16.0 Å². The lowest BCUT2D eigenvalue weighted by Gasteiger charge is -2.10. The van der Waals surface area contributed by atoms with Crippen molar-refractivity contribution in [2.75, 3.05) is 42.8 Å². The van der Waals surface area contributed by atoms with Gasteiger partial charge in [0.2, 0.25) is 0 Å². The molecule has 0 spiro atoms. The van der Waals surface area contributed by atoms with Gasteiger partial charge in [0.05, 0.1) is 0 Å². The van der Waals surface area contributed by atoms with Gasteiger partial charge in [-0.1, -0.05) is 11.3 Å². The minimum atomic E-state index is -0.123. The second-order valence-corrected chi connectivity index (χ2v) is 5.79. The molecule has 1 heterocycles. The summed E-state index contributed by atoms with van der Waals surface area (Å²) < 4.78 is 0. The Morgan fingerprint density at radius 1 is 1.61 bits per heavy atom. The summed E-state index contributed by atoms with van der Waals surface area (Å²) in [6.07, 6.45) is 3.02. The van der Waals surface area contributed by atoms with E-state index in [1.165, 1.54) is 11.3 Å². The number of hydrogen-bond donors (Lipinski definition) is 2. The zero-order valence-corrected chi connectivity index (χ0v) is 12.7. The van der Waals surface area contributed by atoms with Crippen molar-refractivity contribution in [3.05, 3.63) is 4.88 Å². The highest BCUT2D eigenvalue weighted by molar-refractivity contribution is 7.98. The maximum absolute atomic E-state index is 11.9. The van der Waals surface area contributed by atoms with E-state index in [1.807, 2.05) is 18.9 Å². The van der Waals surface area contributed by atoms with Crippen molar-refractivity contribution in [3.8, 4) is 0 Å². The van der Waals surface area contributed by atoms with Gasteiger partial charge in [-0.05, 0) is 25.4 Å². The maximum atomic E-state index is 11.9. The van der Waals surface area contributed by atoms with Crippen molar-refractivity contribution in [1.29, 1.82) is 0 Å². The molecule has 7 heteroatoms. The van der Waals surface area contributed by atoms with Crippen LogP contribution < -0.4 is 16.0 Å². The van der Waals surface area contributed by atoms with Crippen LogP contribution in [0.25, 0.3) is 0 Å². The fourth-order valence-corrected chi connectivity index (χ4v) is 2.64. The van der Waals surface area contributed by atoms with Crippen LogP contribution in [-0.2, 0) is 0 Å². The van der Waals surface area contributed by atoms with Gasteiger partial charge >= 0.3 is 0 Å². The summed E-state index contributed by atoms with van der Waals surface area (Å²) in [5.41, 5.74) is 5.77. The van der Waals surface area contributed by atoms with Gasteiger partial charge in [0.25, 0.3) is 5.91 Å². The van der Waals surface area contributed by atoms with Crippen molar-refractivity contribution in [1.82, 2.24) is 10.3 Å². The van der Waals surface area contributed by atoms with Crippen molar-refractivity contribution >= 4 is 40.0 Å². The zero-order chi connectivity index (χ0) is 13.5. The van der Waals surface area contributed by atoms with E-state index in [2.05, 4.69) is 16.6 Å². The zero-order valence-electron chi connectivity index (χ0n) is 11.0. The van der Waals surface area contributed by atoms with Gasteiger partial charge in [-0.3, -0.25) is 4.79 Å². The number of hydrogen-bond acceptors (Lipinski definition) is 6. The summed E-state index contributed by atoms with van der Waals surface area (Å²) in [6, 6.07) is 0. The number of nitrogens with one attached hydrogen (secondary N) is 1. The van der Waals surface area contributed by atoms with Gasteiger partial charge in [0, 0.05) is 20.1 Å². The maximum Gasteiger partial charge on any atom is 0.265 e. The Morgan fingerprint density at radius 3 is 2.94 bits per heavy atom. The third-order valence-corrected chi connectivity index (χ3v) is 4.34. The molecule has 102 valence electrons. The van der Waals surface area contributed by atoms with Crippen LogP contribution in [0.3, 0.4) is 0 Å². The second kappa shape index (κ2) is 7.48. The molecule has 0 saturated carbocycles. The third kappa shape index (κ3) is 4.06. The molecular formula is C11H20N4OS2. The Kier molecular flexibility index (Phi) is 6.28. The number of aromatic nitrogens is 1. The summed E-state index contributed by atoms with van der Waals surface area (Å²) in [7, 11) is 1.93. The lowest BCUT2D eigenvalue weighted by molar-refractivity contribution is 0.0958. The Labute approximate surface area is 116 Å². The molecule has 0 aliphatic carbocycles. The summed E-state index contributed by atoms with van der Waals surface area (Å²) in [5.74, 6) is 1.24. The van der Waals surface area contributed by atoms with E-state index < -0.39 is 0 Å². The molecule has 0 bridgehead atoms. The normalized spacial score (nSPS) is 10.4. The topological polar surface area (TPSA) is 71.2 Å². The van der Waals surface area contributed by atoms with Gasteiger partial charge in [-0.15, -0.1) is 0 Å². The Hall–Kier alpha value is -0.950. The first-order chi connectivity index (χ1) is 8.60. The molecule has 0 saturated heterocycles. The standard InChI is InChI=1S/C11H20N4OS2/c1-4-15(2)11-14-9(12)8(18-11)10(16)13-6-5-7-17-3/h4-7,12H2,1-3H3,(H,13,16). The summed E-state index contributed by atoms with van der Waals surface area (Å²) in [6.45, 7) is 3.54. The number of thiazole rings is 1. The predicted molar refractivity (Wildman–Crippen MR) is 80.8 cm³/mol. The third-order valence-electron chi connectivity index (χ3n) is 2.46. The molecule has 0 aliphatic rings. The molecule has 1 rings (SSSR count). The van der Waals surface area contributed by atoms with Crippen molar-refractivity contribution in [2.24, 2.45) is 0 Å². The average molecular weight is 288 g/mol. The number of carbonyl (C=O) groups excluding carboxylic acids is 1. The van der Waals surface area contributed by atoms with Crippen molar-refractivity contribution < 1.29 is 4.79 Å². The van der Waals surface area contributed by atoms with E-state index >= 15 is 0 Å². The second-order valence-electron chi connectivity index (χ2n) is 3.83. The molecule has 0 aromatic carbocycles. The molecule has 0 unspecified atom stereocenters. The van der Waals surface area contributed by atoms with Crippen LogP contribution in [0.2, 0.25) is 0 Å². The largest absolute Gasteiger partial charge is 0.382 e. The van der Waals surface area contributed by atoms with E-state index in [0.29, 0.717) is 17.2 Å². The SMILES string of the molecule is CCN(C)c1nc(N)c(C(=O)NCCCSC)s1. The number of rotatable bonds is 7. The van der Waals surface area contributed by atoms with E-state index in [0.717, 1.165) is 23.8 Å². The fourth-order valence-electron chi connectivity index (χ4n) is 1.28. The first-order valence-corrected chi connectivity index (χ1v) is 8.05. The summed E-state index contributed by atoms with van der Waals surface area (Å²) in [4.78, 5) is 18.6. The van der Waals surface area contributed by atoms with Gasteiger partial charge in [0.15, 0.2) is 5.13 Å². The van der Waals surface area contributed by atoms with Crippen LogP contribution >= 0.6 is 23.1 Å². The number of amides is 1. The molecule has 5 nitrogen and oxygen atoms in total. The molecule has 0 atom stereocenters. The van der Waals surface area contributed by atoms with Crippen molar-refractivity contribution in [2.45, 2.75) is 13.3 Å². The Morgan fingerprint density at radius 2 is 2.33 bits per heavy atom. The lowest BCUT2D eigenvalue weighted by Crippen LogP contribution is -2.24. The number of anilines is 2. The molecule has 18 heavy (non-hydrogen) atoms. The number of nitrogens with zero attached hydrogens (tertiary/aromatic N) is 2. The van der Waals surface area contributed by atoms with Crippen LogP contribution in [0.1, 0.15) is 23.0 Å². The molecule has 1 aromatic heterocycles. The first-order valence-electron chi connectivity index (χ1n) is 5.84. The van der Waals surface area contributed by atoms with Crippen LogP contribution in [0.15, 0.2) is 0 Å². The lowest BCUT2D eigenvalue weighted by atomic mass is 10.4. The van der Waals surface area contributed by atoms with Crippen LogP contribution in [0.5, 0.6) is 0 Å². The quantitative estimate of drug-likeness (QED) is 0.747. The number of nitrogens with two attached hydrogens (primary N) is 1. The molecule has 0 radical (unpaired) electrons. The molecule has 0 aliphatic heterocycles. The van der Waals surface area contributed by atoms with Crippen LogP contribution in [0.4, 0.5) is 10.9 Å². The monoisotopic (exact) mass is 288 g/mol. The van der Waals surface area contributed by atoms with E-state index in [4.69, 9.17) is 5.73 Å². The number of thioether (sulfide) groups is 1. The molecule has 3 N–H and O–H groups in total. The summed E-state index contributed by atoms with van der Waals surface area (Å²) in [5, 5.41) is 3.65. The highest BCUT2D eigenvalue weighted by Crippen LogP contribution is 2.27. The average Bonchev–Trinajstić information content (AvgIpc) is 2.75. The first kappa shape index (κ1) is 15.1. The summed E-state index contributed by atoms with van der Waals surface area (Å²) >= 11 is 3.11. The molecule has 1 aromatic rings. The minimum Gasteiger partial charge on any atom is -0.382 e. The Balaban J connectivity index is 2.60. The fraction of sp³-hybridized carbons (Fsp3) is 0.636. The van der Waals surface area contributed by atoms with Crippen LogP contribution in [-0.4, -0.2) is 43.0 Å². The van der Waals surface area contributed by atoms with Gasteiger partial charge in [-0.2, -0.15) is 11.8 Å². The highest BCUT2D eigenvalue weighted by atomic mass is 32.2. The van der Waals surface area contributed by atoms with Gasteiger partial charge in [0.1, 0.15) is 10.7 Å². The molecular weight excluding hydrogens is 268 g/mol. The number of nitrogen functional groups attached to an aromatic ring is 1. The smallest absolute Gasteiger partial charge is 0.265 e. The number of carbonyl (C=O) groups is 1. The predicted octanol–water partition coefficient (Wildman–Crippen LogP) is 1.66. The molecule has 1 amide bonds. The van der Waals surface area contributed by atoms with E-state index in [-0.39, 0.29) is 5.91 Å². The van der Waals surface area contributed by atoms with Crippen molar-refractivity contribution in [3.63, 3.8) is 0 Å². The minimum absolute atomic E-state index is 0.123. The Bertz CT molecular complexity index is 394. The van der Waals surface area contributed by atoms with Gasteiger partial charge in [-0.25, -0.2) is 4.98 Å². The van der Waals surface area contributed by atoms with E-state index in [9.17, 15) is 4.79 Å². The van der Waals surface area contributed by atoms with Crippen LogP contribution in [0, 0.1) is 0 Å². The highest BCUT2D eigenvalue weighted by Gasteiger charge is 2.17. The van der Waals surface area contributed by atoms with E-state index in [1.54, 1.807) is 11.8 Å².